The maximum absolute atomic E-state index is 12.8. The molecule has 1 aliphatic rings. The van der Waals surface area contributed by atoms with Crippen molar-refractivity contribution in [2.45, 2.75) is 45.6 Å². The van der Waals surface area contributed by atoms with Gasteiger partial charge in [-0.25, -0.2) is 9.97 Å². The molecule has 0 bridgehead atoms. The van der Waals surface area contributed by atoms with Crippen molar-refractivity contribution >= 4 is 17.5 Å². The number of halogens is 1. The molecule has 2 aromatic rings. The van der Waals surface area contributed by atoms with Gasteiger partial charge in [-0.3, -0.25) is 4.79 Å². The van der Waals surface area contributed by atoms with Gasteiger partial charge in [0.25, 0.3) is 0 Å². The van der Waals surface area contributed by atoms with Crippen molar-refractivity contribution in [1.29, 1.82) is 0 Å². The van der Waals surface area contributed by atoms with Crippen LogP contribution in [0.3, 0.4) is 0 Å². The van der Waals surface area contributed by atoms with E-state index in [-0.39, 0.29) is 11.8 Å². The smallest absolute Gasteiger partial charge is 0.227 e. The number of hydrogen-bond donors (Lipinski definition) is 0. The van der Waals surface area contributed by atoms with E-state index in [1.54, 1.807) is 0 Å². The first kappa shape index (κ1) is 19.8. The summed E-state index contributed by atoms with van der Waals surface area (Å²) in [6, 6.07) is 7.48. The minimum Gasteiger partial charge on any atom is -0.377 e. The molecule has 1 amide bonds. The van der Waals surface area contributed by atoms with E-state index in [1.165, 1.54) is 0 Å². The fraction of sp³-hybridized carbons (Fsp3) is 0.476. The molecule has 0 N–H and O–H groups in total. The Morgan fingerprint density at radius 2 is 2.11 bits per heavy atom. The summed E-state index contributed by atoms with van der Waals surface area (Å²) in [6.07, 6.45) is 4.27. The van der Waals surface area contributed by atoms with Gasteiger partial charge in [0.1, 0.15) is 5.82 Å². The molecule has 3 rings (SSSR count). The van der Waals surface area contributed by atoms with E-state index in [0.717, 1.165) is 42.0 Å². The Kier molecular flexibility index (Phi) is 6.80. The second-order valence-corrected chi connectivity index (χ2v) is 7.38. The predicted molar refractivity (Wildman–Crippen MR) is 106 cm³/mol. The summed E-state index contributed by atoms with van der Waals surface area (Å²) in [5.74, 6) is 1.14. The Morgan fingerprint density at radius 3 is 2.85 bits per heavy atom. The maximum atomic E-state index is 12.8. The molecule has 1 fully saturated rings. The number of aromatic nitrogens is 2. The lowest BCUT2D eigenvalue weighted by Crippen LogP contribution is -2.40. The van der Waals surface area contributed by atoms with Gasteiger partial charge in [0, 0.05) is 42.4 Å². The molecule has 0 radical (unpaired) electrons. The maximum Gasteiger partial charge on any atom is 0.227 e. The van der Waals surface area contributed by atoms with Gasteiger partial charge in [0.05, 0.1) is 18.7 Å². The lowest BCUT2D eigenvalue weighted by Gasteiger charge is -2.33. The van der Waals surface area contributed by atoms with E-state index in [1.807, 2.05) is 49.2 Å². The molecular weight excluding hydrogens is 362 g/mol. The summed E-state index contributed by atoms with van der Waals surface area (Å²) in [7, 11) is 0. The Labute approximate surface area is 165 Å². The summed E-state index contributed by atoms with van der Waals surface area (Å²) in [5, 5.41) is 0.685. The van der Waals surface area contributed by atoms with Gasteiger partial charge in [-0.1, -0.05) is 23.7 Å². The summed E-state index contributed by atoms with van der Waals surface area (Å²) >= 11 is 5.93. The van der Waals surface area contributed by atoms with E-state index in [2.05, 4.69) is 4.98 Å². The van der Waals surface area contributed by atoms with E-state index in [4.69, 9.17) is 21.3 Å². The quantitative estimate of drug-likeness (QED) is 0.753. The van der Waals surface area contributed by atoms with Gasteiger partial charge in [0.2, 0.25) is 5.91 Å². The highest BCUT2D eigenvalue weighted by Crippen LogP contribution is 2.28. The minimum atomic E-state index is 0.152. The lowest BCUT2D eigenvalue weighted by molar-refractivity contribution is -0.131. The van der Waals surface area contributed by atoms with Crippen molar-refractivity contribution in [1.82, 2.24) is 14.9 Å². The highest BCUT2D eigenvalue weighted by Gasteiger charge is 2.27. The SMILES string of the molecule is CCOCc1cnc(C)nc1C1CCCN(C(=O)Cc2ccc(Cl)cc2)C1. The number of rotatable bonds is 6. The van der Waals surface area contributed by atoms with E-state index in [0.29, 0.717) is 31.2 Å². The zero-order valence-electron chi connectivity index (χ0n) is 15.9. The second-order valence-electron chi connectivity index (χ2n) is 6.95. The van der Waals surface area contributed by atoms with Crippen molar-refractivity contribution in [2.75, 3.05) is 19.7 Å². The number of likely N-dealkylation sites (tertiary alicyclic amines) is 1. The van der Waals surface area contributed by atoms with Crippen LogP contribution in [0.5, 0.6) is 0 Å². The van der Waals surface area contributed by atoms with Crippen LogP contribution in [-0.2, 0) is 22.6 Å². The first-order valence-electron chi connectivity index (χ1n) is 9.49. The molecule has 1 aliphatic heterocycles. The number of amides is 1. The summed E-state index contributed by atoms with van der Waals surface area (Å²) in [6.45, 7) is 6.55. The molecule has 1 unspecified atom stereocenters. The van der Waals surface area contributed by atoms with Gasteiger partial charge in [-0.15, -0.1) is 0 Å². The molecule has 0 saturated carbocycles. The highest BCUT2D eigenvalue weighted by molar-refractivity contribution is 6.30. The number of benzene rings is 1. The lowest BCUT2D eigenvalue weighted by atomic mass is 9.91. The first-order valence-corrected chi connectivity index (χ1v) is 9.87. The molecule has 0 spiro atoms. The van der Waals surface area contributed by atoms with Gasteiger partial charge < -0.3 is 9.64 Å². The van der Waals surface area contributed by atoms with Crippen LogP contribution in [0.1, 0.15) is 48.3 Å². The largest absolute Gasteiger partial charge is 0.377 e. The zero-order chi connectivity index (χ0) is 19.2. The molecule has 27 heavy (non-hydrogen) atoms. The Hall–Kier alpha value is -1.98. The Morgan fingerprint density at radius 1 is 1.33 bits per heavy atom. The molecule has 1 aromatic carbocycles. The number of ether oxygens (including phenoxy) is 1. The second kappa shape index (κ2) is 9.29. The van der Waals surface area contributed by atoms with Crippen molar-refractivity contribution in [3.8, 4) is 0 Å². The van der Waals surface area contributed by atoms with E-state index < -0.39 is 0 Å². The molecular formula is C21H26ClN3O2. The highest BCUT2D eigenvalue weighted by atomic mass is 35.5. The normalized spacial score (nSPS) is 17.1. The number of piperidine rings is 1. The van der Waals surface area contributed by atoms with Gasteiger partial charge >= 0.3 is 0 Å². The molecule has 2 heterocycles. The first-order chi connectivity index (χ1) is 13.1. The van der Waals surface area contributed by atoms with Gasteiger partial charge in [0.15, 0.2) is 0 Å². The molecule has 5 nitrogen and oxygen atoms in total. The predicted octanol–water partition coefficient (Wildman–Crippen LogP) is 3.92. The number of hydrogen-bond acceptors (Lipinski definition) is 4. The van der Waals surface area contributed by atoms with E-state index in [9.17, 15) is 4.79 Å². The summed E-state index contributed by atoms with van der Waals surface area (Å²) in [5.41, 5.74) is 3.04. The summed E-state index contributed by atoms with van der Waals surface area (Å²) < 4.78 is 5.58. The van der Waals surface area contributed by atoms with Crippen molar-refractivity contribution in [3.05, 3.63) is 58.1 Å². The topological polar surface area (TPSA) is 55.3 Å². The van der Waals surface area contributed by atoms with Crippen LogP contribution in [-0.4, -0.2) is 40.5 Å². The molecule has 144 valence electrons. The monoisotopic (exact) mass is 387 g/mol. The minimum absolute atomic E-state index is 0.152. The average molecular weight is 388 g/mol. The third-order valence-corrected chi connectivity index (χ3v) is 5.16. The fourth-order valence-corrected chi connectivity index (χ4v) is 3.63. The van der Waals surface area contributed by atoms with Crippen LogP contribution < -0.4 is 0 Å². The number of carbonyl (C=O) groups is 1. The number of nitrogens with zero attached hydrogens (tertiary/aromatic N) is 3. The Bertz CT molecular complexity index is 779. The van der Waals surface area contributed by atoms with Gasteiger partial charge in [-0.2, -0.15) is 0 Å². The van der Waals surface area contributed by atoms with Crippen molar-refractivity contribution in [3.63, 3.8) is 0 Å². The average Bonchev–Trinajstić information content (AvgIpc) is 2.69. The third kappa shape index (κ3) is 5.27. The van der Waals surface area contributed by atoms with Crippen LogP contribution >= 0.6 is 11.6 Å². The third-order valence-electron chi connectivity index (χ3n) is 4.91. The van der Waals surface area contributed by atoms with E-state index >= 15 is 0 Å². The zero-order valence-corrected chi connectivity index (χ0v) is 16.7. The Balaban J connectivity index is 1.71. The van der Waals surface area contributed by atoms with Crippen LogP contribution in [0.2, 0.25) is 5.02 Å². The molecule has 1 saturated heterocycles. The number of aryl methyl sites for hydroxylation is 1. The van der Waals surface area contributed by atoms with Crippen molar-refractivity contribution < 1.29 is 9.53 Å². The van der Waals surface area contributed by atoms with Crippen LogP contribution in [0.4, 0.5) is 0 Å². The number of carbonyl (C=O) groups excluding carboxylic acids is 1. The fourth-order valence-electron chi connectivity index (χ4n) is 3.50. The molecule has 0 aliphatic carbocycles. The van der Waals surface area contributed by atoms with Crippen LogP contribution in [0.25, 0.3) is 0 Å². The van der Waals surface area contributed by atoms with Gasteiger partial charge in [-0.05, 0) is 44.4 Å². The molecule has 1 aromatic heterocycles. The van der Waals surface area contributed by atoms with Crippen molar-refractivity contribution in [2.24, 2.45) is 0 Å². The standard InChI is InChI=1S/C21H26ClN3O2/c1-3-27-14-18-12-23-15(2)24-21(18)17-5-4-10-25(13-17)20(26)11-16-6-8-19(22)9-7-16/h6-9,12,17H,3-5,10-11,13-14H2,1-2H3. The van der Waals surface area contributed by atoms with Crippen LogP contribution in [0, 0.1) is 6.92 Å². The molecule has 6 heteroatoms. The summed E-state index contributed by atoms with van der Waals surface area (Å²) in [4.78, 5) is 23.8. The molecule has 1 atom stereocenters. The van der Waals surface area contributed by atoms with Crippen LogP contribution in [0.15, 0.2) is 30.5 Å².